The van der Waals surface area contributed by atoms with E-state index < -0.39 is 5.56 Å². The molecule has 0 aromatic carbocycles. The van der Waals surface area contributed by atoms with Crippen molar-refractivity contribution in [2.45, 2.75) is 0 Å². The SMILES string of the molecule is O=c1ccc2cn[n-]c(=O)c2[nH]1.[Rb+]. The van der Waals surface area contributed by atoms with Gasteiger partial charge in [-0.05, 0) is 6.07 Å². The van der Waals surface area contributed by atoms with Crippen LogP contribution in [0.4, 0.5) is 0 Å². The van der Waals surface area contributed by atoms with Crippen LogP contribution in [0.3, 0.4) is 0 Å². The van der Waals surface area contributed by atoms with E-state index in [1.807, 2.05) is 0 Å². The first-order valence-electron chi connectivity index (χ1n) is 3.29. The number of hydrogen-bond donors (Lipinski definition) is 1. The molecule has 0 radical (unpaired) electrons. The molecule has 0 unspecified atom stereocenters. The molecule has 60 valence electrons. The Kier molecular flexibility index (Phi) is 3.72. The second kappa shape index (κ2) is 4.41. The molecule has 2 aromatic heterocycles. The molecule has 0 bridgehead atoms. The van der Waals surface area contributed by atoms with Crippen molar-refractivity contribution >= 4 is 10.9 Å². The van der Waals surface area contributed by atoms with Crippen molar-refractivity contribution in [2.75, 3.05) is 0 Å². The zero-order valence-electron chi connectivity index (χ0n) is 6.94. The predicted octanol–water partition coefficient (Wildman–Crippen LogP) is -3.76. The Morgan fingerprint density at radius 2 is 2.08 bits per heavy atom. The van der Waals surface area contributed by atoms with Crippen LogP contribution in [-0.4, -0.2) is 10.1 Å². The van der Waals surface area contributed by atoms with E-state index in [4.69, 9.17) is 0 Å². The van der Waals surface area contributed by atoms with E-state index in [0.717, 1.165) is 0 Å². The molecule has 6 heteroatoms. The number of fused-ring (bicyclic) bond motifs is 1. The van der Waals surface area contributed by atoms with E-state index in [2.05, 4.69) is 15.2 Å². The third kappa shape index (κ3) is 2.22. The number of H-pyrrole nitrogens is 1. The first-order valence-corrected chi connectivity index (χ1v) is 3.29. The molecule has 0 spiro atoms. The number of aromatic nitrogens is 3. The molecule has 0 aliphatic carbocycles. The summed E-state index contributed by atoms with van der Waals surface area (Å²) in [7, 11) is 0. The Bertz CT molecular complexity index is 531. The predicted molar refractivity (Wildman–Crippen MR) is 42.0 cm³/mol. The molecule has 2 rings (SSSR count). The van der Waals surface area contributed by atoms with E-state index in [1.54, 1.807) is 0 Å². The Morgan fingerprint density at radius 1 is 1.31 bits per heavy atom. The summed E-state index contributed by atoms with van der Waals surface area (Å²) in [5, 5.41) is 7.32. The maximum Gasteiger partial charge on any atom is 1.00 e. The van der Waals surface area contributed by atoms with E-state index in [-0.39, 0.29) is 69.3 Å². The van der Waals surface area contributed by atoms with Crippen LogP contribution in [-0.2, 0) is 0 Å². The van der Waals surface area contributed by atoms with Gasteiger partial charge in [0.15, 0.2) is 0 Å². The summed E-state index contributed by atoms with van der Waals surface area (Å²) in [4.78, 5) is 24.2. The van der Waals surface area contributed by atoms with Crippen LogP contribution in [0.2, 0.25) is 0 Å². The minimum atomic E-state index is -0.509. The minimum Gasteiger partial charge on any atom is -0.539 e. The Balaban J connectivity index is 0.000000845. The van der Waals surface area contributed by atoms with Gasteiger partial charge in [0.2, 0.25) is 5.56 Å². The maximum atomic E-state index is 11.0. The summed E-state index contributed by atoms with van der Waals surface area (Å²) in [6.07, 6.45) is 1.42. The normalized spacial score (nSPS) is 9.54. The molecule has 0 saturated heterocycles. The van der Waals surface area contributed by atoms with Gasteiger partial charge in [-0.2, -0.15) is 0 Å². The number of nitrogens with zero attached hydrogens (tertiary/aromatic N) is 2. The van der Waals surface area contributed by atoms with Crippen molar-refractivity contribution in [1.29, 1.82) is 0 Å². The van der Waals surface area contributed by atoms with Crippen LogP contribution in [0.25, 0.3) is 10.9 Å². The van der Waals surface area contributed by atoms with E-state index >= 15 is 0 Å². The topological polar surface area (TPSA) is 76.9 Å². The van der Waals surface area contributed by atoms with Crippen molar-refractivity contribution in [3.05, 3.63) is 39.0 Å². The van der Waals surface area contributed by atoms with Gasteiger partial charge in [0, 0.05) is 17.6 Å². The van der Waals surface area contributed by atoms with Crippen molar-refractivity contribution in [1.82, 2.24) is 15.2 Å². The molecule has 0 saturated carbocycles. The molecule has 2 aromatic rings. The standard InChI is InChI=1S/C7H5N3O2.Rb/c11-5-2-1-4-3-8-10-7(12)6(4)9-5;/h1-3H,(H2,8,9,10,11,12);/q;+1/p-1. The summed E-state index contributed by atoms with van der Waals surface area (Å²) in [5.41, 5.74) is -0.615. The van der Waals surface area contributed by atoms with Gasteiger partial charge in [-0.3, -0.25) is 4.79 Å². The smallest absolute Gasteiger partial charge is 0.539 e. The van der Waals surface area contributed by atoms with Crippen LogP contribution in [0.1, 0.15) is 0 Å². The number of rotatable bonds is 0. The van der Waals surface area contributed by atoms with Crippen molar-refractivity contribution < 1.29 is 58.2 Å². The molecule has 1 N–H and O–H groups in total. The number of nitrogens with one attached hydrogen (secondary N) is 1. The van der Waals surface area contributed by atoms with Crippen LogP contribution < -0.4 is 74.4 Å². The van der Waals surface area contributed by atoms with Crippen LogP contribution in [0.15, 0.2) is 27.9 Å². The van der Waals surface area contributed by atoms with Crippen molar-refractivity contribution in [3.8, 4) is 0 Å². The van der Waals surface area contributed by atoms with Gasteiger partial charge in [0.05, 0.1) is 5.52 Å². The van der Waals surface area contributed by atoms with E-state index in [9.17, 15) is 9.59 Å². The summed E-state index contributed by atoms with van der Waals surface area (Å²) >= 11 is 0. The molecule has 5 nitrogen and oxygen atoms in total. The Labute approximate surface area is 121 Å². The monoisotopic (exact) mass is 247 g/mol. The average Bonchev–Trinajstić information content (AvgIpc) is 2.07. The fourth-order valence-corrected chi connectivity index (χ4v) is 0.964. The molecule has 0 aliphatic heterocycles. The van der Waals surface area contributed by atoms with Gasteiger partial charge < -0.3 is 20.0 Å². The summed E-state index contributed by atoms with van der Waals surface area (Å²) in [5.74, 6) is 0. The van der Waals surface area contributed by atoms with Crippen LogP contribution in [0.5, 0.6) is 0 Å². The molecule has 2 heterocycles. The average molecular weight is 248 g/mol. The second-order valence-electron chi connectivity index (χ2n) is 2.30. The summed E-state index contributed by atoms with van der Waals surface area (Å²) < 4.78 is 0. The molecular formula is C7H4N3O2Rb. The third-order valence-corrected chi connectivity index (χ3v) is 1.51. The minimum absolute atomic E-state index is 0. The van der Waals surface area contributed by atoms with Gasteiger partial charge in [-0.25, -0.2) is 0 Å². The maximum absolute atomic E-state index is 11.0. The summed E-state index contributed by atoms with van der Waals surface area (Å²) in [6.45, 7) is 0. The molecule has 13 heavy (non-hydrogen) atoms. The van der Waals surface area contributed by atoms with E-state index in [0.29, 0.717) is 5.39 Å². The third-order valence-electron chi connectivity index (χ3n) is 1.51. The molecule has 0 aliphatic rings. The molecule has 0 amide bonds. The second-order valence-corrected chi connectivity index (χ2v) is 2.30. The molecule has 0 fully saturated rings. The zero-order chi connectivity index (χ0) is 8.55. The number of hydrogen-bond acceptors (Lipinski definition) is 3. The first-order chi connectivity index (χ1) is 5.77. The van der Waals surface area contributed by atoms with Crippen molar-refractivity contribution in [2.24, 2.45) is 0 Å². The Hall–Kier alpha value is -0.105. The van der Waals surface area contributed by atoms with Gasteiger partial charge in [0.1, 0.15) is 5.56 Å². The van der Waals surface area contributed by atoms with Crippen LogP contribution in [0, 0.1) is 0 Å². The number of aromatic amines is 1. The van der Waals surface area contributed by atoms with E-state index in [1.165, 1.54) is 18.3 Å². The van der Waals surface area contributed by atoms with Gasteiger partial charge in [-0.15, -0.1) is 0 Å². The van der Waals surface area contributed by atoms with Gasteiger partial charge in [-0.1, -0.05) is 0 Å². The van der Waals surface area contributed by atoms with Gasteiger partial charge in [0.25, 0.3) is 0 Å². The van der Waals surface area contributed by atoms with Crippen LogP contribution >= 0.6 is 0 Å². The quantitative estimate of drug-likeness (QED) is 0.519. The fraction of sp³-hybridized carbons (Fsp3) is 0. The van der Waals surface area contributed by atoms with Gasteiger partial charge >= 0.3 is 58.2 Å². The van der Waals surface area contributed by atoms with Crippen molar-refractivity contribution in [3.63, 3.8) is 0 Å². The first kappa shape index (κ1) is 11.0. The summed E-state index contributed by atoms with van der Waals surface area (Å²) in [6, 6.07) is 2.87. The zero-order valence-corrected chi connectivity index (χ0v) is 11.9. The largest absolute Gasteiger partial charge is 1.00 e. The molecular weight excluding hydrogens is 244 g/mol. The Morgan fingerprint density at radius 3 is 2.85 bits per heavy atom. The fourth-order valence-electron chi connectivity index (χ4n) is 0.964. The molecule has 0 atom stereocenters. The number of pyridine rings is 1.